The Bertz CT molecular complexity index is 1020. The van der Waals surface area contributed by atoms with Gasteiger partial charge in [0, 0.05) is 18.8 Å². The highest BCUT2D eigenvalue weighted by molar-refractivity contribution is 6.05. The molecule has 2 amide bonds. The molecule has 182 valence electrons. The van der Waals surface area contributed by atoms with Crippen LogP contribution in [0.4, 0.5) is 5.69 Å². The first-order valence-corrected chi connectivity index (χ1v) is 11.7. The molecule has 8 nitrogen and oxygen atoms in total. The van der Waals surface area contributed by atoms with E-state index in [1.165, 1.54) is 11.0 Å². The summed E-state index contributed by atoms with van der Waals surface area (Å²) in [4.78, 5) is 43.7. The molecular weight excluding hydrogens is 436 g/mol. The van der Waals surface area contributed by atoms with Crippen LogP contribution in [0.25, 0.3) is 0 Å². The predicted octanol–water partition coefficient (Wildman–Crippen LogP) is 1.92. The predicted molar refractivity (Wildman–Crippen MR) is 126 cm³/mol. The van der Waals surface area contributed by atoms with Gasteiger partial charge in [-0.1, -0.05) is 30.9 Å². The molecule has 1 aromatic carbocycles. The van der Waals surface area contributed by atoms with E-state index in [-0.39, 0.29) is 38.1 Å². The average molecular weight is 469 g/mol. The summed E-state index contributed by atoms with van der Waals surface area (Å²) in [6.07, 6.45) is 3.67. The van der Waals surface area contributed by atoms with Crippen molar-refractivity contribution in [1.29, 1.82) is 0 Å². The fourth-order valence-electron chi connectivity index (χ4n) is 5.88. The number of aryl methyl sites for hydroxylation is 2. The molecule has 8 heteroatoms. The number of β-amino-alcohol motifs (C(OH)–C–C–N with tert-alkyl or cyclic N) is 1. The summed E-state index contributed by atoms with van der Waals surface area (Å²) >= 11 is 0. The number of carbonyl (C=O) groups is 3. The number of carbonyl (C=O) groups excluding carboxylic acids is 3. The van der Waals surface area contributed by atoms with Crippen LogP contribution in [0.3, 0.4) is 0 Å². The van der Waals surface area contributed by atoms with Crippen molar-refractivity contribution in [1.82, 2.24) is 4.90 Å². The lowest BCUT2D eigenvalue weighted by atomic mass is 9.70. The van der Waals surface area contributed by atoms with E-state index in [4.69, 9.17) is 9.47 Å². The molecular formula is C26H32N2O6. The molecule has 3 heterocycles. The number of ether oxygens (including phenoxy) is 2. The van der Waals surface area contributed by atoms with Crippen LogP contribution in [-0.2, 0) is 23.9 Å². The third kappa shape index (κ3) is 3.65. The number of hydrogen-bond acceptors (Lipinski definition) is 6. The number of aliphatic hydroxyl groups excluding tert-OH is 1. The number of likely N-dealkylation sites (tertiary alicyclic amines) is 1. The van der Waals surface area contributed by atoms with Crippen molar-refractivity contribution >= 4 is 23.5 Å². The van der Waals surface area contributed by atoms with Crippen molar-refractivity contribution in [3.05, 3.63) is 54.6 Å². The molecule has 5 atom stereocenters. The Balaban J connectivity index is 1.76. The molecule has 3 fully saturated rings. The number of benzene rings is 1. The normalized spacial score (nSPS) is 29.1. The molecule has 3 saturated heterocycles. The van der Waals surface area contributed by atoms with Crippen LogP contribution in [0.5, 0.6) is 0 Å². The Morgan fingerprint density at radius 3 is 2.76 bits per heavy atom. The van der Waals surface area contributed by atoms with Crippen molar-refractivity contribution in [3.63, 3.8) is 0 Å². The number of anilines is 1. The molecule has 1 spiro atoms. The van der Waals surface area contributed by atoms with Crippen molar-refractivity contribution in [2.45, 2.75) is 44.4 Å². The quantitative estimate of drug-likeness (QED) is 0.439. The Hall–Kier alpha value is -2.97. The summed E-state index contributed by atoms with van der Waals surface area (Å²) in [5.74, 6) is -2.78. The van der Waals surface area contributed by atoms with Gasteiger partial charge in [0.1, 0.15) is 18.2 Å². The van der Waals surface area contributed by atoms with Crippen LogP contribution < -0.4 is 4.90 Å². The zero-order valence-electron chi connectivity index (χ0n) is 19.7. The summed E-state index contributed by atoms with van der Waals surface area (Å²) in [6.45, 7) is 11.2. The van der Waals surface area contributed by atoms with Gasteiger partial charge in [-0.05, 0) is 43.9 Å². The van der Waals surface area contributed by atoms with Crippen molar-refractivity contribution in [2.75, 3.05) is 31.2 Å². The highest BCUT2D eigenvalue weighted by atomic mass is 16.6. The molecule has 0 radical (unpaired) electrons. The Labute approximate surface area is 199 Å². The van der Waals surface area contributed by atoms with E-state index in [0.29, 0.717) is 12.8 Å². The van der Waals surface area contributed by atoms with Crippen LogP contribution in [0.15, 0.2) is 43.5 Å². The van der Waals surface area contributed by atoms with Gasteiger partial charge in [-0.3, -0.25) is 14.4 Å². The minimum atomic E-state index is -1.14. The number of aliphatic hydroxyl groups is 1. The van der Waals surface area contributed by atoms with Crippen LogP contribution in [0, 0.1) is 25.7 Å². The molecule has 4 rings (SSSR count). The second kappa shape index (κ2) is 9.35. The smallest absolute Gasteiger partial charge is 0.312 e. The molecule has 3 aliphatic heterocycles. The number of hydrogen-bond donors (Lipinski definition) is 1. The van der Waals surface area contributed by atoms with E-state index < -0.39 is 35.6 Å². The molecule has 2 bridgehead atoms. The van der Waals surface area contributed by atoms with Gasteiger partial charge in [0.05, 0.1) is 24.5 Å². The van der Waals surface area contributed by atoms with E-state index in [9.17, 15) is 19.5 Å². The van der Waals surface area contributed by atoms with E-state index in [1.807, 2.05) is 32.0 Å². The lowest BCUT2D eigenvalue weighted by Gasteiger charge is -2.37. The maximum Gasteiger partial charge on any atom is 0.312 e. The van der Waals surface area contributed by atoms with Gasteiger partial charge in [0.2, 0.25) is 5.91 Å². The summed E-state index contributed by atoms with van der Waals surface area (Å²) in [5, 5.41) is 9.73. The van der Waals surface area contributed by atoms with Crippen LogP contribution in [0.2, 0.25) is 0 Å². The lowest BCUT2D eigenvalue weighted by molar-refractivity contribution is -0.154. The number of fused-ring (bicyclic) bond motifs is 1. The molecule has 34 heavy (non-hydrogen) atoms. The number of esters is 1. The largest absolute Gasteiger partial charge is 0.461 e. The summed E-state index contributed by atoms with van der Waals surface area (Å²) in [7, 11) is 0. The Kier molecular flexibility index (Phi) is 6.64. The molecule has 0 saturated carbocycles. The second-order valence-corrected chi connectivity index (χ2v) is 9.26. The maximum absolute atomic E-state index is 14.2. The average Bonchev–Trinajstić information content (AvgIpc) is 3.45. The minimum absolute atomic E-state index is 0.0231. The first kappa shape index (κ1) is 24.2. The molecule has 1 N–H and O–H groups in total. The minimum Gasteiger partial charge on any atom is -0.461 e. The van der Waals surface area contributed by atoms with Crippen LogP contribution in [-0.4, -0.2) is 71.8 Å². The maximum atomic E-state index is 14.2. The highest BCUT2D eigenvalue weighted by Crippen LogP contribution is 2.58. The first-order valence-electron chi connectivity index (χ1n) is 11.7. The molecule has 2 unspecified atom stereocenters. The van der Waals surface area contributed by atoms with E-state index >= 15 is 0 Å². The van der Waals surface area contributed by atoms with E-state index in [0.717, 1.165) is 16.8 Å². The van der Waals surface area contributed by atoms with Crippen molar-refractivity contribution < 1.29 is 29.0 Å². The summed E-state index contributed by atoms with van der Waals surface area (Å²) < 4.78 is 11.6. The summed E-state index contributed by atoms with van der Waals surface area (Å²) in [6, 6.07) is 4.90. The van der Waals surface area contributed by atoms with Crippen LogP contribution >= 0.6 is 0 Å². The van der Waals surface area contributed by atoms with Gasteiger partial charge in [0.25, 0.3) is 5.91 Å². The van der Waals surface area contributed by atoms with E-state index in [1.54, 1.807) is 11.0 Å². The number of nitrogens with zero attached hydrogens (tertiary/aromatic N) is 2. The SMILES string of the molecule is C=CCOC(=O)[C@@H]1[C@@H]2CCC3(O2)C(C(=O)N(CC=C)c2cc(C)ccc2C)N(CCO)C(=O)[C@H]13. The third-order valence-electron chi connectivity index (χ3n) is 7.22. The highest BCUT2D eigenvalue weighted by Gasteiger charge is 2.75. The van der Waals surface area contributed by atoms with Gasteiger partial charge >= 0.3 is 5.97 Å². The first-order chi connectivity index (χ1) is 16.3. The van der Waals surface area contributed by atoms with Gasteiger partial charge in [-0.2, -0.15) is 0 Å². The van der Waals surface area contributed by atoms with Gasteiger partial charge in [-0.15, -0.1) is 6.58 Å². The zero-order valence-corrected chi connectivity index (χ0v) is 19.7. The van der Waals surface area contributed by atoms with E-state index in [2.05, 4.69) is 13.2 Å². The second-order valence-electron chi connectivity index (χ2n) is 9.26. The third-order valence-corrected chi connectivity index (χ3v) is 7.22. The monoisotopic (exact) mass is 468 g/mol. The standard InChI is InChI=1S/C26H32N2O6/c1-5-11-27(18-15-16(3)7-8-17(18)4)24(31)22-26-10-9-19(34-26)20(25(32)33-14-6-2)21(26)23(30)28(22)12-13-29/h5-8,15,19-22,29H,1-2,9-14H2,3-4H3/t19-,20+,21-,22?,26?/m0/s1. The molecule has 3 aliphatic rings. The zero-order chi connectivity index (χ0) is 24.6. The van der Waals surface area contributed by atoms with Crippen LogP contribution in [0.1, 0.15) is 24.0 Å². The Morgan fingerprint density at radius 2 is 2.09 bits per heavy atom. The number of amides is 2. The fourth-order valence-corrected chi connectivity index (χ4v) is 5.88. The van der Waals surface area contributed by atoms with Gasteiger partial charge in [-0.25, -0.2) is 0 Å². The number of rotatable bonds is 9. The van der Waals surface area contributed by atoms with Gasteiger partial charge in [0.15, 0.2) is 0 Å². The van der Waals surface area contributed by atoms with Crippen molar-refractivity contribution in [3.8, 4) is 0 Å². The molecule has 0 aliphatic carbocycles. The fraction of sp³-hybridized carbons (Fsp3) is 0.500. The summed E-state index contributed by atoms with van der Waals surface area (Å²) in [5.41, 5.74) is 1.51. The van der Waals surface area contributed by atoms with Crippen molar-refractivity contribution in [2.24, 2.45) is 11.8 Å². The lowest BCUT2D eigenvalue weighted by Crippen LogP contribution is -2.57. The Morgan fingerprint density at radius 1 is 1.32 bits per heavy atom. The van der Waals surface area contributed by atoms with Gasteiger partial charge < -0.3 is 24.4 Å². The topological polar surface area (TPSA) is 96.4 Å². The molecule has 1 aromatic rings. The molecule has 0 aromatic heterocycles.